The van der Waals surface area contributed by atoms with E-state index in [0.29, 0.717) is 54.4 Å². The van der Waals surface area contributed by atoms with Gasteiger partial charge in [-0.1, -0.05) is 12.8 Å². The Hall–Kier alpha value is -5.49. The predicted molar refractivity (Wildman–Crippen MR) is 269 cm³/mol. The molecule has 0 bridgehead atoms. The number of aromatic nitrogens is 4. The number of phosphoric acid groups is 3. The number of ether oxygens (including phenoxy) is 2. The summed E-state index contributed by atoms with van der Waals surface area (Å²) in [7, 11) is -16.9. The maximum absolute atomic E-state index is 13.8. The zero-order valence-electron chi connectivity index (χ0n) is 40.9. The van der Waals surface area contributed by atoms with Gasteiger partial charge < -0.3 is 59.9 Å². The molecule has 0 radical (unpaired) electrons. The minimum atomic E-state index is -5.79. The first-order valence-corrected chi connectivity index (χ1v) is 29.0. The number of fused-ring (bicyclic) bond motifs is 5. The van der Waals surface area contributed by atoms with Crippen LogP contribution in [0.1, 0.15) is 102 Å². The molecule has 9 rings (SSSR count). The van der Waals surface area contributed by atoms with Crippen molar-refractivity contribution in [3.05, 3.63) is 99.1 Å². The van der Waals surface area contributed by atoms with Gasteiger partial charge in [0.05, 0.1) is 24.6 Å². The van der Waals surface area contributed by atoms with Gasteiger partial charge in [-0.15, -0.1) is 0 Å². The van der Waals surface area contributed by atoms with Crippen LogP contribution in [0, 0.1) is 0 Å². The molecule has 4 aliphatic heterocycles. The van der Waals surface area contributed by atoms with Crippen molar-refractivity contribution in [1.29, 1.82) is 0 Å². The lowest BCUT2D eigenvalue weighted by Gasteiger charge is -2.32. The van der Waals surface area contributed by atoms with Crippen molar-refractivity contribution in [3.63, 3.8) is 0 Å². The number of carbonyl (C=O) groups excluding carboxylic acids is 1. The highest BCUT2D eigenvalue weighted by atomic mass is 31.3. The highest BCUT2D eigenvalue weighted by molar-refractivity contribution is 7.66. The number of aliphatic hydroxyl groups excluding tert-OH is 2. The number of hydrogen-bond acceptors (Lipinski definition) is 17. The number of nitrogens with one attached hydrogen (secondary N) is 2. The third-order valence-corrected chi connectivity index (χ3v) is 17.4. The maximum atomic E-state index is 13.8. The average Bonchev–Trinajstić information content (AvgIpc) is 3.92. The third kappa shape index (κ3) is 11.9. The van der Waals surface area contributed by atoms with Gasteiger partial charge in [-0.3, -0.25) is 13.9 Å². The summed E-state index contributed by atoms with van der Waals surface area (Å²) < 4.78 is 62.8. The van der Waals surface area contributed by atoms with Crippen LogP contribution in [0.15, 0.2) is 55.1 Å². The number of aromatic carboxylic acids is 1. The Morgan fingerprint density at radius 2 is 1.63 bits per heavy atom. The monoisotopic (exact) mass is 1100 g/mol. The second-order valence-corrected chi connectivity index (χ2v) is 22.9. The van der Waals surface area contributed by atoms with Gasteiger partial charge in [-0.05, 0) is 87.4 Å². The molecule has 0 aliphatic carbocycles. The average molecular weight is 1100 g/mol. The van der Waals surface area contributed by atoms with E-state index in [0.717, 1.165) is 92.1 Å². The Balaban J connectivity index is 0.819. The van der Waals surface area contributed by atoms with Crippen molar-refractivity contribution in [2.45, 2.75) is 89.8 Å². The number of aliphatic hydroxyl groups is 2. The summed E-state index contributed by atoms with van der Waals surface area (Å²) in [6.45, 7) is 7.70. The quantitative estimate of drug-likeness (QED) is 0.0283. The molecule has 9 N–H and O–H groups in total. The molecular weight excluding hydrogens is 1040 g/mol. The lowest BCUT2D eigenvalue weighted by molar-refractivity contribution is -0.0503. The Kier molecular flexibility index (Phi) is 16.1. The summed E-state index contributed by atoms with van der Waals surface area (Å²) >= 11 is 0. The van der Waals surface area contributed by atoms with Crippen LogP contribution in [-0.4, -0.2) is 130 Å². The highest BCUT2D eigenvalue weighted by Crippen LogP contribution is 2.66. The number of amides is 1. The molecule has 6 atom stereocenters. The highest BCUT2D eigenvalue weighted by Gasteiger charge is 2.47. The van der Waals surface area contributed by atoms with Crippen LogP contribution in [0.3, 0.4) is 0 Å². The van der Waals surface area contributed by atoms with Crippen molar-refractivity contribution in [2.75, 3.05) is 56.1 Å². The predicted octanol–water partition coefficient (Wildman–Crippen LogP) is 3.47. The number of carboxylic acids is 1. The minimum absolute atomic E-state index is 0.0827. The zero-order valence-corrected chi connectivity index (χ0v) is 43.5. The molecule has 2 unspecified atom stereocenters. The molecule has 4 aliphatic rings. The van der Waals surface area contributed by atoms with Crippen LogP contribution < -0.4 is 35.4 Å². The van der Waals surface area contributed by atoms with Crippen molar-refractivity contribution in [2.24, 2.45) is 0 Å². The van der Waals surface area contributed by atoms with Gasteiger partial charge in [0, 0.05) is 71.8 Å². The molecule has 0 spiro atoms. The van der Waals surface area contributed by atoms with Crippen LogP contribution in [0.25, 0.3) is 16.7 Å². The maximum Gasteiger partial charge on any atom is 0.490 e. The fourth-order valence-corrected chi connectivity index (χ4v) is 13.1. The summed E-state index contributed by atoms with van der Waals surface area (Å²) in [6.07, 6.45) is 2.92. The second kappa shape index (κ2) is 22.2. The summed E-state index contributed by atoms with van der Waals surface area (Å²) in [4.78, 5) is 78.7. The lowest BCUT2D eigenvalue weighted by Crippen LogP contribution is -2.39. The summed E-state index contributed by atoms with van der Waals surface area (Å²) in [6, 6.07) is 13.2. The van der Waals surface area contributed by atoms with Gasteiger partial charge in [0.25, 0.3) is 5.91 Å². The van der Waals surface area contributed by atoms with Crippen LogP contribution in [-0.2, 0) is 44.4 Å². The van der Waals surface area contributed by atoms with E-state index in [1.807, 2.05) is 0 Å². The van der Waals surface area contributed by atoms with Crippen molar-refractivity contribution in [3.8, 4) is 11.5 Å². The number of aryl methyl sites for hydroxylation is 2. The number of hydrogen-bond donors (Lipinski definition) is 9. The molecule has 6 heterocycles. The Morgan fingerprint density at radius 1 is 0.853 bits per heavy atom. The number of imidazole rings is 1. The second-order valence-electron chi connectivity index (χ2n) is 18.4. The van der Waals surface area contributed by atoms with Gasteiger partial charge in [0.2, 0.25) is 5.36 Å². The first-order chi connectivity index (χ1) is 35.7. The topological polar surface area (TPSA) is 347 Å². The number of phosphoric ester groups is 1. The third-order valence-electron chi connectivity index (χ3n) is 13.6. The van der Waals surface area contributed by atoms with Gasteiger partial charge in [0.1, 0.15) is 49.2 Å². The number of carbonyl (C=O) groups is 2. The van der Waals surface area contributed by atoms with Crippen molar-refractivity contribution < 1.29 is 80.8 Å². The fraction of sp³-hybridized carbons (Fsp3) is 0.447. The van der Waals surface area contributed by atoms with Crippen molar-refractivity contribution >= 4 is 63.6 Å². The molecule has 2 aromatic heterocycles. The van der Waals surface area contributed by atoms with Crippen LogP contribution in [0.2, 0.25) is 0 Å². The Morgan fingerprint density at radius 3 is 2.37 bits per heavy atom. The first-order valence-electron chi connectivity index (χ1n) is 24.5. The number of carboxylic acid groups (broad SMARTS) is 1. The van der Waals surface area contributed by atoms with E-state index in [9.17, 15) is 48.4 Å². The van der Waals surface area contributed by atoms with E-state index >= 15 is 0 Å². The van der Waals surface area contributed by atoms with Crippen LogP contribution in [0.5, 0.6) is 11.5 Å². The van der Waals surface area contributed by atoms with Gasteiger partial charge >= 0.3 is 29.4 Å². The summed E-state index contributed by atoms with van der Waals surface area (Å²) in [5.41, 5.74) is 6.31. The number of rotatable bonds is 21. The number of benzene rings is 3. The smallest absolute Gasteiger partial charge is 0.478 e. The van der Waals surface area contributed by atoms with Gasteiger partial charge in [-0.25, -0.2) is 38.0 Å². The van der Waals surface area contributed by atoms with Gasteiger partial charge in [-0.2, -0.15) is 8.62 Å². The minimum Gasteiger partial charge on any atom is -0.478 e. The standard InChI is InChI=1S/C47H57N8O17P3/c1-3-53-17-9-11-27-19-32-36(22-34(27)53)69-37-23-35-28(12-10-18-54(35)4-2)20-33(37)39(32)31-21-29(13-14-30(31)47(59)60)45(58)49-16-8-6-5-7-15-48-43-40-44(51-25-50-43)55(26-52-40)46-42(57)41(56)38(70-46)24-68-74(64,65)72-75(66,67)71-73(61,62)63/h13-14,19-23,25-26,38,41-42,46,56-57H,3-12,15-18,24H2,1-2H3,(H6-,48,49,50,51,58,59,60,61,62,63,64,65,66,67)/p+1/t38-,41-,42-,46-/m1/s1. The van der Waals surface area contributed by atoms with E-state index < -0.39 is 60.6 Å². The van der Waals surface area contributed by atoms with E-state index in [1.165, 1.54) is 34.4 Å². The number of nitrogens with zero attached hydrogens (tertiary/aromatic N) is 6. The zero-order chi connectivity index (χ0) is 53.4. The molecule has 28 heteroatoms. The van der Waals surface area contributed by atoms with Crippen LogP contribution >= 0.6 is 23.5 Å². The largest absolute Gasteiger partial charge is 0.490 e. The Bertz CT molecular complexity index is 3320. The molecule has 0 saturated carbocycles. The van der Waals surface area contributed by atoms with E-state index in [4.69, 9.17) is 19.3 Å². The summed E-state index contributed by atoms with van der Waals surface area (Å²) in [5.74, 6) is 0.219. The lowest BCUT2D eigenvalue weighted by atomic mass is 9.85. The normalized spacial score (nSPS) is 20.8. The fourth-order valence-electron chi connectivity index (χ4n) is 10.1. The van der Waals surface area contributed by atoms with Gasteiger partial charge in [0.15, 0.2) is 23.2 Å². The van der Waals surface area contributed by atoms with E-state index in [1.54, 1.807) is 12.1 Å². The number of anilines is 2. The van der Waals surface area contributed by atoms with E-state index in [-0.39, 0.29) is 22.6 Å². The molecular formula is C47H58N8O17P3+. The molecule has 3 aromatic carbocycles. The Labute approximate surface area is 428 Å². The first kappa shape index (κ1) is 54.3. The molecule has 1 amide bonds. The molecule has 1 saturated heterocycles. The number of unbranched alkanes of at least 4 members (excludes halogenated alkanes) is 3. The molecule has 75 heavy (non-hydrogen) atoms. The van der Waals surface area contributed by atoms with E-state index in [2.05, 4.69) is 86.3 Å². The SMILES string of the molecule is CCN1CCCc2cc3c(cc21)Oc1cc2c(cc1=C3c1cc(C(=O)NCCCCCCNc3ncnc4c3ncn4[C@@H]3O[C@H](COP(=O)(O)OP(=O)(O)OP(=O)(O)O)[C@@H](O)[C@H]3O)ccc1C(=O)O)CCC[N+]=2CC. The molecule has 25 nitrogen and oxygen atoms in total. The van der Waals surface area contributed by atoms with Crippen LogP contribution in [0.4, 0.5) is 11.5 Å². The van der Waals surface area contributed by atoms with Crippen molar-refractivity contribution in [1.82, 2.24) is 29.4 Å². The molecule has 402 valence electrons. The molecule has 5 aromatic rings. The molecule has 1 fully saturated rings. The summed E-state index contributed by atoms with van der Waals surface area (Å²) in [5, 5.41) is 40.2.